The third-order valence-corrected chi connectivity index (χ3v) is 3.81. The minimum atomic E-state index is 0.529. The first-order valence-corrected chi connectivity index (χ1v) is 5.99. The normalized spacial score (nSPS) is 24.7. The summed E-state index contributed by atoms with van der Waals surface area (Å²) < 4.78 is 0. The fourth-order valence-electron chi connectivity index (χ4n) is 1.07. The largest absolute Gasteiger partial charge is 0.362 e. The summed E-state index contributed by atoms with van der Waals surface area (Å²) >= 11 is 1.90. The zero-order valence-electron chi connectivity index (χ0n) is 9.00. The van der Waals surface area contributed by atoms with Gasteiger partial charge in [-0.15, -0.1) is 0 Å². The van der Waals surface area contributed by atoms with Crippen LogP contribution < -0.4 is 5.32 Å². The summed E-state index contributed by atoms with van der Waals surface area (Å²) in [5.74, 6) is 0.670. The van der Waals surface area contributed by atoms with Gasteiger partial charge in [-0.3, -0.25) is 4.99 Å². The second kappa shape index (κ2) is 4.89. The Labute approximate surface area is 85.6 Å². The highest BCUT2D eigenvalue weighted by Crippen LogP contribution is 2.22. The molecule has 1 rings (SSSR count). The second-order valence-electron chi connectivity index (χ2n) is 3.97. The van der Waals surface area contributed by atoms with Gasteiger partial charge in [0.2, 0.25) is 0 Å². The molecule has 2 atom stereocenters. The fraction of sp³-hybridized carbons (Fsp3) is 0.900. The third-order valence-electron chi connectivity index (χ3n) is 2.52. The first kappa shape index (κ1) is 10.9. The van der Waals surface area contributed by atoms with Crippen molar-refractivity contribution in [2.75, 3.05) is 6.54 Å². The highest BCUT2D eigenvalue weighted by atomic mass is 32.2. The molecule has 2 nitrogen and oxygen atoms in total. The van der Waals surface area contributed by atoms with Crippen molar-refractivity contribution in [3.05, 3.63) is 0 Å². The molecule has 13 heavy (non-hydrogen) atoms. The van der Waals surface area contributed by atoms with Crippen molar-refractivity contribution in [1.29, 1.82) is 0 Å². The third kappa shape index (κ3) is 3.22. The number of nitrogens with one attached hydrogen (secondary N) is 1. The first-order valence-electron chi connectivity index (χ1n) is 5.11. The molecule has 0 amide bonds. The molecule has 0 aromatic heterocycles. The maximum atomic E-state index is 4.48. The maximum absolute atomic E-state index is 4.48. The lowest BCUT2D eigenvalue weighted by molar-refractivity contribution is 0.489. The van der Waals surface area contributed by atoms with Gasteiger partial charge in [-0.2, -0.15) is 0 Å². The van der Waals surface area contributed by atoms with E-state index in [1.54, 1.807) is 0 Å². The number of thioether (sulfide) groups is 1. The van der Waals surface area contributed by atoms with Gasteiger partial charge in [0, 0.05) is 11.3 Å². The van der Waals surface area contributed by atoms with Gasteiger partial charge in [0.25, 0.3) is 0 Å². The van der Waals surface area contributed by atoms with E-state index in [1.165, 1.54) is 6.42 Å². The Kier molecular flexibility index (Phi) is 4.10. The Balaban J connectivity index is 2.31. The summed E-state index contributed by atoms with van der Waals surface area (Å²) in [7, 11) is 0. The van der Waals surface area contributed by atoms with Gasteiger partial charge < -0.3 is 5.32 Å². The SMILES string of the molecule is CCC1CN=C(NC(C)C(C)C)S1. The summed E-state index contributed by atoms with van der Waals surface area (Å²) in [4.78, 5) is 4.48. The van der Waals surface area contributed by atoms with Gasteiger partial charge in [-0.25, -0.2) is 0 Å². The molecule has 0 aliphatic carbocycles. The van der Waals surface area contributed by atoms with E-state index in [4.69, 9.17) is 0 Å². The van der Waals surface area contributed by atoms with E-state index in [2.05, 4.69) is 38.0 Å². The van der Waals surface area contributed by atoms with E-state index in [9.17, 15) is 0 Å². The van der Waals surface area contributed by atoms with Crippen molar-refractivity contribution < 1.29 is 0 Å². The van der Waals surface area contributed by atoms with E-state index in [-0.39, 0.29) is 0 Å². The molecule has 0 radical (unpaired) electrons. The summed E-state index contributed by atoms with van der Waals surface area (Å²) in [6.45, 7) is 9.90. The monoisotopic (exact) mass is 200 g/mol. The summed E-state index contributed by atoms with van der Waals surface area (Å²) in [6, 6.07) is 0.529. The van der Waals surface area contributed by atoms with Crippen molar-refractivity contribution in [2.45, 2.75) is 45.4 Å². The molecule has 2 unspecified atom stereocenters. The highest BCUT2D eigenvalue weighted by Gasteiger charge is 2.19. The number of aliphatic imine (C=N–C) groups is 1. The van der Waals surface area contributed by atoms with Crippen molar-refractivity contribution in [3.63, 3.8) is 0 Å². The number of nitrogens with zero attached hydrogens (tertiary/aromatic N) is 1. The minimum Gasteiger partial charge on any atom is -0.362 e. The van der Waals surface area contributed by atoms with Crippen LogP contribution in [0.5, 0.6) is 0 Å². The number of amidine groups is 1. The van der Waals surface area contributed by atoms with Gasteiger partial charge in [0.05, 0.1) is 6.54 Å². The zero-order chi connectivity index (χ0) is 9.84. The van der Waals surface area contributed by atoms with Crippen molar-refractivity contribution in [2.24, 2.45) is 10.9 Å². The predicted molar refractivity (Wildman–Crippen MR) is 61.4 cm³/mol. The topological polar surface area (TPSA) is 24.4 Å². The summed E-state index contributed by atoms with van der Waals surface area (Å²) in [5, 5.41) is 5.31. The van der Waals surface area contributed by atoms with Crippen LogP contribution in [0.1, 0.15) is 34.1 Å². The van der Waals surface area contributed by atoms with Crippen molar-refractivity contribution in [3.8, 4) is 0 Å². The van der Waals surface area contributed by atoms with Crippen LogP contribution in [0.15, 0.2) is 4.99 Å². The summed E-state index contributed by atoms with van der Waals surface area (Å²) in [5.41, 5.74) is 0. The molecule has 3 heteroatoms. The van der Waals surface area contributed by atoms with Crippen LogP contribution in [-0.2, 0) is 0 Å². The first-order chi connectivity index (χ1) is 6.13. The smallest absolute Gasteiger partial charge is 0.157 e. The van der Waals surface area contributed by atoms with Crippen LogP contribution in [0.3, 0.4) is 0 Å². The lowest BCUT2D eigenvalue weighted by Gasteiger charge is -2.18. The Morgan fingerprint density at radius 3 is 2.69 bits per heavy atom. The highest BCUT2D eigenvalue weighted by molar-refractivity contribution is 8.14. The average Bonchev–Trinajstić information content (AvgIpc) is 2.52. The standard InChI is InChI=1S/C10H20N2S/c1-5-9-6-11-10(13-9)12-8(4)7(2)3/h7-9H,5-6H2,1-4H3,(H,11,12). The van der Waals surface area contributed by atoms with Crippen LogP contribution in [0.2, 0.25) is 0 Å². The molecule has 1 heterocycles. The van der Waals surface area contributed by atoms with Crippen LogP contribution in [0.4, 0.5) is 0 Å². The van der Waals surface area contributed by atoms with E-state index >= 15 is 0 Å². The zero-order valence-corrected chi connectivity index (χ0v) is 9.82. The molecule has 1 aliphatic heterocycles. The number of rotatable bonds is 3. The molecule has 1 N–H and O–H groups in total. The molecule has 0 spiro atoms. The molecule has 0 aromatic carbocycles. The molecule has 0 bridgehead atoms. The van der Waals surface area contributed by atoms with Crippen LogP contribution >= 0.6 is 11.8 Å². The van der Waals surface area contributed by atoms with Crippen LogP contribution in [0, 0.1) is 5.92 Å². The van der Waals surface area contributed by atoms with Gasteiger partial charge in [0.1, 0.15) is 0 Å². The predicted octanol–water partition coefficient (Wildman–Crippen LogP) is 2.50. The van der Waals surface area contributed by atoms with Gasteiger partial charge in [-0.05, 0) is 19.3 Å². The quantitative estimate of drug-likeness (QED) is 0.757. The second-order valence-corrected chi connectivity index (χ2v) is 5.26. The molecule has 0 saturated carbocycles. The molecular formula is C10H20N2S. The maximum Gasteiger partial charge on any atom is 0.157 e. The van der Waals surface area contributed by atoms with Crippen LogP contribution in [-0.4, -0.2) is 23.0 Å². The number of hydrogen-bond donors (Lipinski definition) is 1. The molecule has 0 saturated heterocycles. The Morgan fingerprint density at radius 2 is 2.23 bits per heavy atom. The summed E-state index contributed by atoms with van der Waals surface area (Å²) in [6.07, 6.45) is 1.22. The van der Waals surface area contributed by atoms with E-state index in [0.717, 1.165) is 11.7 Å². The van der Waals surface area contributed by atoms with Gasteiger partial charge in [0.15, 0.2) is 5.17 Å². The molecule has 1 aliphatic rings. The molecule has 76 valence electrons. The van der Waals surface area contributed by atoms with E-state index in [0.29, 0.717) is 17.2 Å². The Morgan fingerprint density at radius 1 is 1.54 bits per heavy atom. The van der Waals surface area contributed by atoms with Crippen molar-refractivity contribution >= 4 is 16.9 Å². The minimum absolute atomic E-state index is 0.529. The van der Waals surface area contributed by atoms with Crippen molar-refractivity contribution in [1.82, 2.24) is 5.32 Å². The molecule has 0 aromatic rings. The van der Waals surface area contributed by atoms with E-state index in [1.807, 2.05) is 11.8 Å². The Hall–Kier alpha value is -0.180. The lowest BCUT2D eigenvalue weighted by Crippen LogP contribution is -2.33. The van der Waals surface area contributed by atoms with Gasteiger partial charge >= 0.3 is 0 Å². The lowest BCUT2D eigenvalue weighted by atomic mass is 10.1. The molecule has 0 fully saturated rings. The van der Waals surface area contributed by atoms with Crippen LogP contribution in [0.25, 0.3) is 0 Å². The Bertz CT molecular complexity index is 189. The van der Waals surface area contributed by atoms with Gasteiger partial charge in [-0.1, -0.05) is 32.5 Å². The number of hydrogen-bond acceptors (Lipinski definition) is 3. The molecular weight excluding hydrogens is 180 g/mol. The fourth-order valence-corrected chi connectivity index (χ4v) is 2.11. The average molecular weight is 200 g/mol. The van der Waals surface area contributed by atoms with E-state index < -0.39 is 0 Å².